The minimum atomic E-state index is -0.459. The van der Waals surface area contributed by atoms with Gasteiger partial charge in [-0.15, -0.1) is 0 Å². The van der Waals surface area contributed by atoms with Gasteiger partial charge in [0.05, 0.1) is 13.2 Å². The molecule has 0 amide bonds. The Kier molecular flexibility index (Phi) is 2.82. The van der Waals surface area contributed by atoms with Gasteiger partial charge in [0.2, 0.25) is 0 Å². The van der Waals surface area contributed by atoms with Crippen LogP contribution in [0.25, 0.3) is 0 Å². The zero-order valence-electron chi connectivity index (χ0n) is 8.32. The number of benzene rings is 1. The van der Waals surface area contributed by atoms with Crippen LogP contribution in [0, 0.1) is 0 Å². The highest BCUT2D eigenvalue weighted by atomic mass is 16.6. The lowest BCUT2D eigenvalue weighted by Gasteiger charge is -2.37. The summed E-state index contributed by atoms with van der Waals surface area (Å²) in [5.74, 6) is 0. The van der Waals surface area contributed by atoms with Crippen LogP contribution in [0.2, 0.25) is 0 Å². The highest BCUT2D eigenvalue weighted by molar-refractivity contribution is 5.22. The molecule has 1 fully saturated rings. The maximum Gasteiger partial charge on any atom is 0.168 e. The first-order valence-electron chi connectivity index (χ1n) is 4.81. The van der Waals surface area contributed by atoms with E-state index in [-0.39, 0.29) is 0 Å². The molecule has 1 aromatic carbocycles. The molecule has 14 heavy (non-hydrogen) atoms. The van der Waals surface area contributed by atoms with Crippen molar-refractivity contribution in [3.63, 3.8) is 0 Å². The number of morpholine rings is 1. The Labute approximate surface area is 84.0 Å². The van der Waals surface area contributed by atoms with E-state index in [1.165, 1.54) is 0 Å². The SMILES string of the molecule is COC1(c2ccccc2)COCCN1. The number of hydrogen-bond donors (Lipinski definition) is 1. The Balaban J connectivity index is 2.27. The van der Waals surface area contributed by atoms with Crippen LogP contribution in [0.15, 0.2) is 30.3 Å². The van der Waals surface area contributed by atoms with Crippen molar-refractivity contribution in [2.24, 2.45) is 0 Å². The van der Waals surface area contributed by atoms with Crippen LogP contribution in [-0.4, -0.2) is 26.9 Å². The largest absolute Gasteiger partial charge is 0.375 e. The average Bonchev–Trinajstić information content (AvgIpc) is 2.31. The molecule has 1 aromatic rings. The number of rotatable bonds is 2. The molecule has 1 aliphatic heterocycles. The van der Waals surface area contributed by atoms with Gasteiger partial charge in [0, 0.05) is 19.2 Å². The van der Waals surface area contributed by atoms with Gasteiger partial charge in [-0.2, -0.15) is 0 Å². The van der Waals surface area contributed by atoms with E-state index in [9.17, 15) is 0 Å². The topological polar surface area (TPSA) is 30.5 Å². The second kappa shape index (κ2) is 4.09. The Bertz CT molecular complexity index is 281. The lowest BCUT2D eigenvalue weighted by atomic mass is 10.0. The molecule has 0 saturated carbocycles. The third-order valence-corrected chi connectivity index (χ3v) is 2.55. The van der Waals surface area contributed by atoms with Gasteiger partial charge in [0.25, 0.3) is 0 Å². The molecule has 0 bridgehead atoms. The third-order valence-electron chi connectivity index (χ3n) is 2.55. The van der Waals surface area contributed by atoms with E-state index in [0.717, 1.165) is 18.7 Å². The van der Waals surface area contributed by atoms with Crippen LogP contribution in [-0.2, 0) is 15.2 Å². The molecule has 1 heterocycles. The van der Waals surface area contributed by atoms with E-state index in [0.29, 0.717) is 6.61 Å². The molecule has 0 aromatic heterocycles. The molecule has 2 rings (SSSR count). The fourth-order valence-corrected chi connectivity index (χ4v) is 1.73. The van der Waals surface area contributed by atoms with Crippen molar-refractivity contribution in [3.8, 4) is 0 Å². The zero-order valence-corrected chi connectivity index (χ0v) is 8.32. The van der Waals surface area contributed by atoms with Gasteiger partial charge in [0.1, 0.15) is 0 Å². The molecule has 1 N–H and O–H groups in total. The van der Waals surface area contributed by atoms with Crippen LogP contribution in [0.3, 0.4) is 0 Å². The summed E-state index contributed by atoms with van der Waals surface area (Å²) in [5, 5.41) is 3.35. The molecule has 3 heteroatoms. The first-order valence-corrected chi connectivity index (χ1v) is 4.81. The van der Waals surface area contributed by atoms with E-state index < -0.39 is 5.72 Å². The van der Waals surface area contributed by atoms with Crippen molar-refractivity contribution < 1.29 is 9.47 Å². The maximum absolute atomic E-state index is 5.53. The summed E-state index contributed by atoms with van der Waals surface area (Å²) in [6, 6.07) is 10.1. The first kappa shape index (κ1) is 9.65. The fourth-order valence-electron chi connectivity index (χ4n) is 1.73. The van der Waals surface area contributed by atoms with Gasteiger partial charge >= 0.3 is 0 Å². The number of hydrogen-bond acceptors (Lipinski definition) is 3. The van der Waals surface area contributed by atoms with E-state index in [1.54, 1.807) is 7.11 Å². The van der Waals surface area contributed by atoms with Gasteiger partial charge < -0.3 is 9.47 Å². The second-order valence-corrected chi connectivity index (χ2v) is 3.38. The fraction of sp³-hybridized carbons (Fsp3) is 0.455. The summed E-state index contributed by atoms with van der Waals surface area (Å²) in [6.07, 6.45) is 0. The van der Waals surface area contributed by atoms with Crippen LogP contribution in [0.1, 0.15) is 5.56 Å². The van der Waals surface area contributed by atoms with Crippen molar-refractivity contribution in [2.75, 3.05) is 26.9 Å². The Morgan fingerprint density at radius 1 is 1.36 bits per heavy atom. The standard InChI is InChI=1S/C11H15NO2/c1-13-11(9-14-8-7-12-11)10-5-3-2-4-6-10/h2-6,12H,7-9H2,1H3. The summed E-state index contributed by atoms with van der Waals surface area (Å²) < 4.78 is 11.0. The first-order chi connectivity index (χ1) is 6.87. The highest BCUT2D eigenvalue weighted by Crippen LogP contribution is 2.23. The summed E-state index contributed by atoms with van der Waals surface area (Å²) in [6.45, 7) is 2.13. The number of nitrogens with one attached hydrogen (secondary N) is 1. The minimum Gasteiger partial charge on any atom is -0.375 e. The summed E-state index contributed by atoms with van der Waals surface area (Å²) >= 11 is 0. The van der Waals surface area contributed by atoms with Gasteiger partial charge in [0.15, 0.2) is 5.72 Å². The lowest BCUT2D eigenvalue weighted by Crippen LogP contribution is -2.52. The molecular weight excluding hydrogens is 178 g/mol. The predicted molar refractivity (Wildman–Crippen MR) is 54.0 cm³/mol. The molecule has 76 valence electrons. The lowest BCUT2D eigenvalue weighted by molar-refractivity contribution is -0.130. The van der Waals surface area contributed by atoms with E-state index in [2.05, 4.69) is 5.32 Å². The van der Waals surface area contributed by atoms with Crippen molar-refractivity contribution in [1.82, 2.24) is 5.32 Å². The van der Waals surface area contributed by atoms with Gasteiger partial charge in [-0.05, 0) is 0 Å². The molecule has 0 spiro atoms. The molecule has 1 aliphatic rings. The zero-order chi connectivity index (χ0) is 9.86. The van der Waals surface area contributed by atoms with Crippen LogP contribution in [0.5, 0.6) is 0 Å². The van der Waals surface area contributed by atoms with Crippen molar-refractivity contribution in [2.45, 2.75) is 5.72 Å². The van der Waals surface area contributed by atoms with Crippen molar-refractivity contribution in [3.05, 3.63) is 35.9 Å². The summed E-state index contributed by atoms with van der Waals surface area (Å²) in [5.41, 5.74) is 0.654. The molecule has 3 nitrogen and oxygen atoms in total. The maximum atomic E-state index is 5.53. The summed E-state index contributed by atoms with van der Waals surface area (Å²) in [4.78, 5) is 0. The van der Waals surface area contributed by atoms with Crippen molar-refractivity contribution in [1.29, 1.82) is 0 Å². The monoisotopic (exact) mass is 193 g/mol. The Morgan fingerprint density at radius 2 is 2.14 bits per heavy atom. The van der Waals surface area contributed by atoms with Crippen LogP contribution >= 0.6 is 0 Å². The Hall–Kier alpha value is -0.900. The average molecular weight is 193 g/mol. The normalized spacial score (nSPS) is 27.5. The molecule has 0 aliphatic carbocycles. The van der Waals surface area contributed by atoms with Crippen LogP contribution in [0.4, 0.5) is 0 Å². The smallest absolute Gasteiger partial charge is 0.168 e. The van der Waals surface area contributed by atoms with Gasteiger partial charge in [-0.25, -0.2) is 0 Å². The van der Waals surface area contributed by atoms with Gasteiger partial charge in [-0.3, -0.25) is 5.32 Å². The quantitative estimate of drug-likeness (QED) is 0.763. The van der Waals surface area contributed by atoms with E-state index in [4.69, 9.17) is 9.47 Å². The van der Waals surface area contributed by atoms with Crippen LogP contribution < -0.4 is 5.32 Å². The number of methoxy groups -OCH3 is 1. The van der Waals surface area contributed by atoms with Gasteiger partial charge in [-0.1, -0.05) is 30.3 Å². The third kappa shape index (κ3) is 1.66. The highest BCUT2D eigenvalue weighted by Gasteiger charge is 2.34. The summed E-state index contributed by atoms with van der Waals surface area (Å²) in [7, 11) is 1.70. The molecule has 1 saturated heterocycles. The molecule has 1 atom stereocenters. The van der Waals surface area contributed by atoms with E-state index in [1.807, 2.05) is 30.3 Å². The van der Waals surface area contributed by atoms with E-state index >= 15 is 0 Å². The molecular formula is C11H15NO2. The number of ether oxygens (including phenoxy) is 2. The Morgan fingerprint density at radius 3 is 2.71 bits per heavy atom. The molecule has 0 radical (unpaired) electrons. The second-order valence-electron chi connectivity index (χ2n) is 3.38. The minimum absolute atomic E-state index is 0.459. The molecule has 1 unspecified atom stereocenters. The van der Waals surface area contributed by atoms with Crippen molar-refractivity contribution >= 4 is 0 Å². The predicted octanol–water partition coefficient (Wildman–Crippen LogP) is 1.11.